The summed E-state index contributed by atoms with van der Waals surface area (Å²) in [4.78, 5) is 0. The molecule has 104 valence electrons. The molecule has 3 rings (SSSR count). The van der Waals surface area contributed by atoms with E-state index in [9.17, 15) is 13.9 Å². The Balaban J connectivity index is 2.00. The van der Waals surface area contributed by atoms with E-state index in [1.807, 2.05) is 12.1 Å². The molecule has 1 atom stereocenters. The van der Waals surface area contributed by atoms with Gasteiger partial charge in [0.15, 0.2) is 0 Å². The normalized spacial score (nSPS) is 15.2. The lowest BCUT2D eigenvalue weighted by Crippen LogP contribution is -2.05. The molecule has 1 unspecified atom stereocenters. The first-order chi connectivity index (χ1) is 9.56. The van der Waals surface area contributed by atoms with Gasteiger partial charge in [-0.1, -0.05) is 18.2 Å². The average Bonchev–Trinajstić information content (AvgIpc) is 2.89. The summed E-state index contributed by atoms with van der Waals surface area (Å²) in [7, 11) is 0. The van der Waals surface area contributed by atoms with Gasteiger partial charge in [-0.25, -0.2) is 8.78 Å². The molecule has 1 nitrogen and oxygen atoms in total. The van der Waals surface area contributed by atoms with Crippen LogP contribution in [0.5, 0.6) is 0 Å². The molecule has 1 aliphatic rings. The minimum Gasteiger partial charge on any atom is -0.384 e. The van der Waals surface area contributed by atoms with Gasteiger partial charge < -0.3 is 5.11 Å². The fraction of sp³-hybridized carbons (Fsp3) is 0.294. The first-order valence-corrected chi connectivity index (χ1v) is 6.81. The van der Waals surface area contributed by atoms with Crippen LogP contribution in [0, 0.1) is 18.6 Å². The van der Waals surface area contributed by atoms with Crippen LogP contribution in [0.4, 0.5) is 8.78 Å². The summed E-state index contributed by atoms with van der Waals surface area (Å²) in [6.45, 7) is 1.50. The zero-order valence-corrected chi connectivity index (χ0v) is 11.3. The summed E-state index contributed by atoms with van der Waals surface area (Å²) in [5.74, 6) is -1.07. The molecule has 0 bridgehead atoms. The molecule has 0 aliphatic heterocycles. The number of hydrogen-bond acceptors (Lipinski definition) is 1. The lowest BCUT2D eigenvalue weighted by Gasteiger charge is -2.14. The summed E-state index contributed by atoms with van der Waals surface area (Å²) in [5.41, 5.74) is 3.34. The van der Waals surface area contributed by atoms with Gasteiger partial charge in [0.2, 0.25) is 0 Å². The Morgan fingerprint density at radius 1 is 1.00 bits per heavy atom. The van der Waals surface area contributed by atoms with Gasteiger partial charge in [-0.2, -0.15) is 0 Å². The summed E-state index contributed by atoms with van der Waals surface area (Å²) in [5, 5.41) is 10.3. The van der Waals surface area contributed by atoms with Gasteiger partial charge in [-0.05, 0) is 60.6 Å². The minimum atomic E-state index is -1.13. The van der Waals surface area contributed by atoms with Gasteiger partial charge in [0.05, 0.1) is 0 Å². The third-order valence-corrected chi connectivity index (χ3v) is 4.01. The topological polar surface area (TPSA) is 20.2 Å². The van der Waals surface area contributed by atoms with Crippen molar-refractivity contribution < 1.29 is 13.9 Å². The Morgan fingerprint density at radius 3 is 2.55 bits per heavy atom. The lowest BCUT2D eigenvalue weighted by atomic mass is 9.96. The third kappa shape index (κ3) is 2.22. The van der Waals surface area contributed by atoms with E-state index >= 15 is 0 Å². The fourth-order valence-corrected chi connectivity index (χ4v) is 2.81. The quantitative estimate of drug-likeness (QED) is 0.882. The summed E-state index contributed by atoms with van der Waals surface area (Å²) in [6, 6.07) is 7.89. The largest absolute Gasteiger partial charge is 0.384 e. The second-order valence-corrected chi connectivity index (χ2v) is 5.41. The fourth-order valence-electron chi connectivity index (χ4n) is 2.81. The van der Waals surface area contributed by atoms with E-state index in [1.54, 1.807) is 6.07 Å². The zero-order chi connectivity index (χ0) is 14.3. The molecular weight excluding hydrogens is 258 g/mol. The number of aryl methyl sites for hydroxylation is 3. The number of fused-ring (bicyclic) bond motifs is 1. The predicted octanol–water partition coefficient (Wildman–Crippen LogP) is 3.84. The number of aliphatic hydroxyl groups excluding tert-OH is 1. The van der Waals surface area contributed by atoms with E-state index in [-0.39, 0.29) is 11.1 Å². The maximum Gasteiger partial charge on any atom is 0.129 e. The Kier molecular flexibility index (Phi) is 3.30. The Morgan fingerprint density at radius 2 is 1.75 bits per heavy atom. The first kappa shape index (κ1) is 13.3. The SMILES string of the molecule is Cc1cc(F)c(C(O)c2ccc3c(c2)CCC3)cc1F. The van der Waals surface area contributed by atoms with Gasteiger partial charge in [0.25, 0.3) is 0 Å². The molecular formula is C17H16F2O. The highest BCUT2D eigenvalue weighted by atomic mass is 19.1. The van der Waals surface area contributed by atoms with Crippen molar-refractivity contribution in [3.8, 4) is 0 Å². The summed E-state index contributed by atoms with van der Waals surface area (Å²) >= 11 is 0. The van der Waals surface area contributed by atoms with Crippen molar-refractivity contribution in [2.75, 3.05) is 0 Å². The molecule has 0 radical (unpaired) electrons. The van der Waals surface area contributed by atoms with Gasteiger partial charge in [0.1, 0.15) is 17.7 Å². The summed E-state index contributed by atoms with van der Waals surface area (Å²) < 4.78 is 27.5. The van der Waals surface area contributed by atoms with Crippen molar-refractivity contribution in [1.29, 1.82) is 0 Å². The Bertz CT molecular complexity index is 664. The zero-order valence-electron chi connectivity index (χ0n) is 11.3. The Labute approximate surface area is 116 Å². The third-order valence-electron chi connectivity index (χ3n) is 4.01. The second kappa shape index (κ2) is 4.98. The monoisotopic (exact) mass is 274 g/mol. The molecule has 1 aliphatic carbocycles. The van der Waals surface area contributed by atoms with Crippen LogP contribution in [0.1, 0.15) is 40.3 Å². The molecule has 2 aromatic rings. The second-order valence-electron chi connectivity index (χ2n) is 5.41. The van der Waals surface area contributed by atoms with Crippen LogP contribution in [0.25, 0.3) is 0 Å². The molecule has 0 saturated carbocycles. The van der Waals surface area contributed by atoms with Crippen LogP contribution in [-0.2, 0) is 12.8 Å². The van der Waals surface area contributed by atoms with E-state index in [4.69, 9.17) is 0 Å². The van der Waals surface area contributed by atoms with Crippen molar-refractivity contribution in [3.05, 3.63) is 69.8 Å². The molecule has 0 heterocycles. The lowest BCUT2D eigenvalue weighted by molar-refractivity contribution is 0.214. The predicted molar refractivity (Wildman–Crippen MR) is 73.6 cm³/mol. The molecule has 0 amide bonds. The molecule has 0 spiro atoms. The smallest absolute Gasteiger partial charge is 0.129 e. The molecule has 3 heteroatoms. The minimum absolute atomic E-state index is 0.00829. The average molecular weight is 274 g/mol. The number of halogens is 2. The molecule has 1 N–H and O–H groups in total. The van der Waals surface area contributed by atoms with Gasteiger partial charge in [0, 0.05) is 5.56 Å². The van der Waals surface area contributed by atoms with Gasteiger partial charge >= 0.3 is 0 Å². The van der Waals surface area contributed by atoms with E-state index in [1.165, 1.54) is 18.1 Å². The van der Waals surface area contributed by atoms with Crippen LogP contribution in [0.2, 0.25) is 0 Å². The van der Waals surface area contributed by atoms with E-state index in [2.05, 4.69) is 0 Å². The highest BCUT2D eigenvalue weighted by Gasteiger charge is 2.19. The van der Waals surface area contributed by atoms with Crippen LogP contribution in [-0.4, -0.2) is 5.11 Å². The van der Waals surface area contributed by atoms with Crippen molar-refractivity contribution in [1.82, 2.24) is 0 Å². The number of benzene rings is 2. The van der Waals surface area contributed by atoms with Crippen LogP contribution >= 0.6 is 0 Å². The van der Waals surface area contributed by atoms with Crippen molar-refractivity contribution in [2.45, 2.75) is 32.3 Å². The molecule has 20 heavy (non-hydrogen) atoms. The van der Waals surface area contributed by atoms with Gasteiger partial charge in [-0.3, -0.25) is 0 Å². The maximum absolute atomic E-state index is 13.9. The highest BCUT2D eigenvalue weighted by Crippen LogP contribution is 2.30. The standard InChI is InChI=1S/C17H16F2O/c1-10-7-16(19)14(9-15(10)18)17(20)13-6-5-11-3-2-4-12(11)8-13/h5-9,17,20H,2-4H2,1H3. The molecule has 0 fully saturated rings. The molecule has 2 aromatic carbocycles. The van der Waals surface area contributed by atoms with Crippen LogP contribution < -0.4 is 0 Å². The Hall–Kier alpha value is -1.74. The van der Waals surface area contributed by atoms with Crippen LogP contribution in [0.15, 0.2) is 30.3 Å². The first-order valence-electron chi connectivity index (χ1n) is 6.81. The molecule has 0 saturated heterocycles. The number of hydrogen-bond donors (Lipinski definition) is 1. The highest BCUT2D eigenvalue weighted by molar-refractivity contribution is 5.40. The van der Waals surface area contributed by atoms with E-state index < -0.39 is 17.7 Å². The van der Waals surface area contributed by atoms with Crippen LogP contribution in [0.3, 0.4) is 0 Å². The maximum atomic E-state index is 13.9. The molecule has 0 aromatic heterocycles. The van der Waals surface area contributed by atoms with Crippen molar-refractivity contribution in [2.24, 2.45) is 0 Å². The van der Waals surface area contributed by atoms with Gasteiger partial charge in [-0.15, -0.1) is 0 Å². The van der Waals surface area contributed by atoms with E-state index in [0.717, 1.165) is 31.4 Å². The van der Waals surface area contributed by atoms with E-state index in [0.29, 0.717) is 5.56 Å². The van der Waals surface area contributed by atoms with Crippen molar-refractivity contribution >= 4 is 0 Å². The summed E-state index contributed by atoms with van der Waals surface area (Å²) in [6.07, 6.45) is 2.03. The van der Waals surface area contributed by atoms with Crippen molar-refractivity contribution in [3.63, 3.8) is 0 Å². The number of aliphatic hydroxyl groups is 1. The number of rotatable bonds is 2.